The van der Waals surface area contributed by atoms with Gasteiger partial charge in [0.05, 0.1) is 12.2 Å². The molecule has 3 aromatic rings. The van der Waals surface area contributed by atoms with Crippen molar-refractivity contribution >= 4 is 28.4 Å². The lowest BCUT2D eigenvalue weighted by atomic mass is 10.1. The van der Waals surface area contributed by atoms with Gasteiger partial charge in [0, 0.05) is 16.7 Å². The molecular formula is C22H16FN3OS. The Kier molecular flexibility index (Phi) is 3.94. The average molecular weight is 389 g/mol. The first-order valence-electron chi connectivity index (χ1n) is 8.93. The molecule has 28 heavy (non-hydrogen) atoms. The Bertz CT molecular complexity index is 1100. The molecule has 0 bridgehead atoms. The number of nitrogens with one attached hydrogen (secondary N) is 1. The number of thioether (sulfide) groups is 1. The lowest BCUT2D eigenvalue weighted by molar-refractivity contribution is -0.121. The van der Waals surface area contributed by atoms with Crippen LogP contribution in [-0.4, -0.2) is 11.0 Å². The molecule has 1 N–H and O–H groups in total. The topological polar surface area (TPSA) is 44.7 Å². The zero-order valence-corrected chi connectivity index (χ0v) is 15.6. The fourth-order valence-electron chi connectivity index (χ4n) is 3.61. The molecule has 138 valence electrons. The second kappa shape index (κ2) is 6.49. The number of hydrazone groups is 1. The standard InChI is InChI=1S/C22H16FN3OS/c23-18-12-6-4-10-16(18)14-26-19-13-7-5-11-17(19)22(21(26)27)25-24-20(28-22)15-8-2-1-3-9-15/h1-13,25H,14H2/t22-/m1/s1. The predicted octanol–water partition coefficient (Wildman–Crippen LogP) is 4.22. The summed E-state index contributed by atoms with van der Waals surface area (Å²) in [4.78, 5) is 14.1. The van der Waals surface area contributed by atoms with Crippen molar-refractivity contribution in [2.75, 3.05) is 4.90 Å². The number of carbonyl (C=O) groups is 1. The number of fused-ring (bicyclic) bond motifs is 2. The highest BCUT2D eigenvalue weighted by Crippen LogP contribution is 2.50. The van der Waals surface area contributed by atoms with Crippen molar-refractivity contribution in [3.05, 3.63) is 101 Å². The van der Waals surface area contributed by atoms with Gasteiger partial charge in [0.1, 0.15) is 10.9 Å². The van der Waals surface area contributed by atoms with Crippen molar-refractivity contribution in [1.29, 1.82) is 0 Å². The number of anilines is 1. The molecule has 5 rings (SSSR count). The minimum Gasteiger partial charge on any atom is -0.304 e. The van der Waals surface area contributed by atoms with Crippen LogP contribution >= 0.6 is 11.8 Å². The zero-order chi connectivity index (χ0) is 19.1. The van der Waals surface area contributed by atoms with E-state index in [9.17, 15) is 9.18 Å². The smallest absolute Gasteiger partial charge is 0.270 e. The average Bonchev–Trinajstić information content (AvgIpc) is 3.28. The number of benzene rings is 3. The number of nitrogens with zero attached hydrogens (tertiary/aromatic N) is 2. The molecule has 2 aliphatic heterocycles. The number of halogens is 1. The molecule has 1 atom stereocenters. The van der Waals surface area contributed by atoms with Crippen LogP contribution in [0.4, 0.5) is 10.1 Å². The first-order chi connectivity index (χ1) is 13.7. The van der Waals surface area contributed by atoms with Crippen LogP contribution in [0.5, 0.6) is 0 Å². The van der Waals surface area contributed by atoms with Crippen molar-refractivity contribution in [2.45, 2.75) is 11.4 Å². The van der Waals surface area contributed by atoms with Crippen molar-refractivity contribution in [1.82, 2.24) is 5.43 Å². The Morgan fingerprint density at radius 2 is 1.68 bits per heavy atom. The molecule has 0 fully saturated rings. The number of hydrogen-bond acceptors (Lipinski definition) is 4. The highest BCUT2D eigenvalue weighted by atomic mass is 32.2. The van der Waals surface area contributed by atoms with Crippen LogP contribution in [0.3, 0.4) is 0 Å². The number of para-hydroxylation sites is 1. The fraction of sp³-hybridized carbons (Fsp3) is 0.0909. The van der Waals surface area contributed by atoms with Crippen molar-refractivity contribution in [3.63, 3.8) is 0 Å². The molecule has 0 radical (unpaired) electrons. The number of carbonyl (C=O) groups excluding carboxylic acids is 1. The normalized spacial score (nSPS) is 20.2. The summed E-state index contributed by atoms with van der Waals surface area (Å²) in [5.41, 5.74) is 6.14. The van der Waals surface area contributed by atoms with Crippen molar-refractivity contribution in [2.24, 2.45) is 5.10 Å². The van der Waals surface area contributed by atoms with Gasteiger partial charge in [-0.2, -0.15) is 5.10 Å². The van der Waals surface area contributed by atoms with E-state index in [0.717, 1.165) is 21.9 Å². The monoisotopic (exact) mass is 389 g/mol. The van der Waals surface area contributed by atoms with Gasteiger partial charge in [-0.05, 0) is 12.1 Å². The number of hydrogen-bond donors (Lipinski definition) is 1. The molecule has 0 aromatic heterocycles. The summed E-state index contributed by atoms with van der Waals surface area (Å²) in [7, 11) is 0. The lowest BCUT2D eigenvalue weighted by Crippen LogP contribution is -2.44. The second-order valence-electron chi connectivity index (χ2n) is 6.68. The third kappa shape index (κ3) is 2.52. The van der Waals surface area contributed by atoms with E-state index in [1.807, 2.05) is 54.6 Å². The SMILES string of the molecule is O=C1N(Cc2ccccc2F)c2ccccc2[C@]12NN=C(c1ccccc1)S2. The van der Waals surface area contributed by atoms with Crippen molar-refractivity contribution in [3.8, 4) is 0 Å². The summed E-state index contributed by atoms with van der Waals surface area (Å²) >= 11 is 1.40. The molecular weight excluding hydrogens is 373 g/mol. The Hall–Kier alpha value is -3.12. The van der Waals surface area contributed by atoms with Crippen molar-refractivity contribution < 1.29 is 9.18 Å². The lowest BCUT2D eigenvalue weighted by Gasteiger charge is -2.23. The quantitative estimate of drug-likeness (QED) is 0.729. The zero-order valence-electron chi connectivity index (χ0n) is 14.8. The van der Waals surface area contributed by atoms with Gasteiger partial charge in [-0.15, -0.1) is 0 Å². The van der Waals surface area contributed by atoms with E-state index < -0.39 is 4.87 Å². The highest BCUT2D eigenvalue weighted by molar-refractivity contribution is 8.16. The van der Waals surface area contributed by atoms with Gasteiger partial charge in [-0.1, -0.05) is 78.5 Å². The molecule has 2 aliphatic rings. The second-order valence-corrected chi connectivity index (χ2v) is 7.88. The Morgan fingerprint density at radius 1 is 0.964 bits per heavy atom. The molecule has 0 saturated heterocycles. The van der Waals surface area contributed by atoms with E-state index in [4.69, 9.17) is 0 Å². The third-order valence-electron chi connectivity index (χ3n) is 4.99. The summed E-state index contributed by atoms with van der Waals surface area (Å²) in [6.07, 6.45) is 0. The van der Waals surface area contributed by atoms with Crippen LogP contribution in [0, 0.1) is 5.82 Å². The Morgan fingerprint density at radius 3 is 2.50 bits per heavy atom. The molecule has 1 spiro atoms. The Balaban J connectivity index is 1.53. The first kappa shape index (κ1) is 17.0. The van der Waals surface area contributed by atoms with Crippen LogP contribution in [0.2, 0.25) is 0 Å². The van der Waals surface area contributed by atoms with Gasteiger partial charge in [-0.3, -0.25) is 10.2 Å². The van der Waals surface area contributed by atoms with Gasteiger partial charge < -0.3 is 4.90 Å². The minimum atomic E-state index is -1.02. The maximum Gasteiger partial charge on any atom is 0.270 e. The summed E-state index contributed by atoms with van der Waals surface area (Å²) in [6, 6.07) is 23.9. The minimum absolute atomic E-state index is 0.142. The van der Waals surface area contributed by atoms with E-state index >= 15 is 0 Å². The molecule has 0 saturated carbocycles. The summed E-state index contributed by atoms with van der Waals surface area (Å²) in [6.45, 7) is 0.174. The van der Waals surface area contributed by atoms with Gasteiger partial charge >= 0.3 is 0 Å². The van der Waals surface area contributed by atoms with Crippen LogP contribution in [0.25, 0.3) is 0 Å². The van der Waals surface area contributed by atoms with E-state index in [1.54, 1.807) is 23.1 Å². The highest BCUT2D eigenvalue weighted by Gasteiger charge is 2.55. The molecule has 0 aliphatic carbocycles. The molecule has 0 unspecified atom stereocenters. The maximum atomic E-state index is 14.2. The van der Waals surface area contributed by atoms with Crippen LogP contribution in [0.1, 0.15) is 16.7 Å². The van der Waals surface area contributed by atoms with E-state index in [-0.39, 0.29) is 18.3 Å². The number of amides is 1. The van der Waals surface area contributed by atoms with E-state index in [1.165, 1.54) is 17.8 Å². The molecule has 6 heteroatoms. The van der Waals surface area contributed by atoms with Crippen LogP contribution in [-0.2, 0) is 16.2 Å². The predicted molar refractivity (Wildman–Crippen MR) is 109 cm³/mol. The summed E-state index contributed by atoms with van der Waals surface area (Å²) in [5.74, 6) is -0.460. The van der Waals surface area contributed by atoms with Crippen LogP contribution in [0.15, 0.2) is 84.0 Å². The van der Waals surface area contributed by atoms with Gasteiger partial charge in [0.2, 0.25) is 4.87 Å². The largest absolute Gasteiger partial charge is 0.304 e. The Labute approximate surface area is 166 Å². The van der Waals surface area contributed by atoms with Gasteiger partial charge in [0.25, 0.3) is 5.91 Å². The van der Waals surface area contributed by atoms with Gasteiger partial charge in [0.15, 0.2) is 0 Å². The molecule has 2 heterocycles. The fourth-order valence-corrected chi connectivity index (χ4v) is 4.81. The summed E-state index contributed by atoms with van der Waals surface area (Å²) in [5, 5.41) is 5.22. The van der Waals surface area contributed by atoms with Crippen LogP contribution < -0.4 is 10.3 Å². The molecule has 3 aromatic carbocycles. The molecule has 4 nitrogen and oxygen atoms in total. The maximum absolute atomic E-state index is 14.2. The third-order valence-corrected chi connectivity index (χ3v) is 6.30. The summed E-state index contributed by atoms with van der Waals surface area (Å²) < 4.78 is 14.2. The van der Waals surface area contributed by atoms with E-state index in [2.05, 4.69) is 10.5 Å². The van der Waals surface area contributed by atoms with Gasteiger partial charge in [-0.25, -0.2) is 4.39 Å². The van der Waals surface area contributed by atoms with E-state index in [0.29, 0.717) is 5.56 Å². The molecule has 1 amide bonds. The first-order valence-corrected chi connectivity index (χ1v) is 9.75. The number of rotatable bonds is 3.